The third kappa shape index (κ3) is 4.36. The van der Waals surface area contributed by atoms with E-state index in [0.717, 1.165) is 10.9 Å². The predicted octanol–water partition coefficient (Wildman–Crippen LogP) is 2.41. The third-order valence-corrected chi connectivity index (χ3v) is 5.09. The highest BCUT2D eigenvalue weighted by Gasteiger charge is 2.30. The number of hydrogen-bond donors (Lipinski definition) is 2. The number of carbonyl (C=O) groups is 2. The van der Waals surface area contributed by atoms with E-state index in [4.69, 9.17) is 9.47 Å². The molecule has 27 heavy (non-hydrogen) atoms. The lowest BCUT2D eigenvalue weighted by Crippen LogP contribution is -2.39. The molecule has 7 nitrogen and oxygen atoms in total. The maximum Gasteiger partial charge on any atom is 0.308 e. The topological polar surface area (TPSA) is 97.8 Å². The fourth-order valence-electron chi connectivity index (χ4n) is 3.47. The second kappa shape index (κ2) is 8.35. The second-order valence-corrected chi connectivity index (χ2v) is 6.78. The molecule has 1 aliphatic rings. The Bertz CT molecular complexity index is 846. The van der Waals surface area contributed by atoms with E-state index in [2.05, 4.69) is 10.3 Å². The van der Waals surface area contributed by atoms with Crippen molar-refractivity contribution >= 4 is 22.8 Å². The largest absolute Gasteiger partial charge is 0.497 e. The normalized spacial score (nSPS) is 16.1. The number of carbonyl (C=O) groups excluding carboxylic acids is 1. The fraction of sp³-hybridized carbons (Fsp3) is 0.450. The van der Waals surface area contributed by atoms with Gasteiger partial charge in [-0.1, -0.05) is 0 Å². The van der Waals surface area contributed by atoms with Crippen LogP contribution in [0.25, 0.3) is 10.9 Å². The standard InChI is InChI=1S/C20H24N2O5/c1-12-16(9-14-3-4-15(26-2)10-18(14)22-12)19(23)21-11-17(20(24)25)13-5-7-27-8-6-13/h3-4,9-10,13,17H,5-8,11H2,1-2H3,(H,21,23)(H,24,25). The smallest absolute Gasteiger partial charge is 0.308 e. The summed E-state index contributed by atoms with van der Waals surface area (Å²) in [4.78, 5) is 28.8. The van der Waals surface area contributed by atoms with Crippen molar-refractivity contribution < 1.29 is 24.2 Å². The SMILES string of the molecule is COc1ccc2cc(C(=O)NCC(C(=O)O)C3CCOCC3)c(C)nc2c1. The molecule has 0 bridgehead atoms. The zero-order valence-corrected chi connectivity index (χ0v) is 15.5. The molecule has 1 aromatic heterocycles. The summed E-state index contributed by atoms with van der Waals surface area (Å²) < 4.78 is 10.5. The van der Waals surface area contributed by atoms with Crippen LogP contribution in [0.1, 0.15) is 28.9 Å². The van der Waals surface area contributed by atoms with E-state index in [1.807, 2.05) is 18.2 Å². The average Bonchev–Trinajstić information content (AvgIpc) is 2.67. The van der Waals surface area contributed by atoms with Crippen molar-refractivity contribution in [1.82, 2.24) is 10.3 Å². The van der Waals surface area contributed by atoms with Gasteiger partial charge in [0.1, 0.15) is 5.75 Å². The molecule has 1 unspecified atom stereocenters. The maximum absolute atomic E-state index is 12.6. The minimum Gasteiger partial charge on any atom is -0.497 e. The number of carboxylic acids is 1. The third-order valence-electron chi connectivity index (χ3n) is 5.09. The van der Waals surface area contributed by atoms with E-state index in [1.54, 1.807) is 20.1 Å². The Morgan fingerprint density at radius 2 is 2.07 bits per heavy atom. The van der Waals surface area contributed by atoms with E-state index in [-0.39, 0.29) is 18.4 Å². The Kier molecular flexibility index (Phi) is 5.91. The molecule has 0 spiro atoms. The number of benzene rings is 1. The number of aromatic nitrogens is 1. The number of nitrogens with one attached hydrogen (secondary N) is 1. The molecule has 2 heterocycles. The average molecular weight is 372 g/mol. The van der Waals surface area contributed by atoms with Crippen LogP contribution in [0.3, 0.4) is 0 Å². The van der Waals surface area contributed by atoms with Crippen LogP contribution < -0.4 is 10.1 Å². The Morgan fingerprint density at radius 3 is 2.74 bits per heavy atom. The van der Waals surface area contributed by atoms with E-state index in [0.29, 0.717) is 43.1 Å². The lowest BCUT2D eigenvalue weighted by atomic mass is 9.86. The first-order valence-electron chi connectivity index (χ1n) is 9.03. The van der Waals surface area contributed by atoms with Gasteiger partial charge in [-0.25, -0.2) is 0 Å². The Labute approximate surface area is 157 Å². The molecule has 1 saturated heterocycles. The molecule has 2 N–H and O–H groups in total. The van der Waals surface area contributed by atoms with Gasteiger partial charge >= 0.3 is 5.97 Å². The molecule has 0 aliphatic carbocycles. The fourth-order valence-corrected chi connectivity index (χ4v) is 3.47. The summed E-state index contributed by atoms with van der Waals surface area (Å²) in [6, 6.07) is 7.25. The molecule has 1 atom stereocenters. The number of aliphatic carboxylic acids is 1. The van der Waals surface area contributed by atoms with Crippen molar-refractivity contribution in [3.05, 3.63) is 35.5 Å². The first-order chi connectivity index (χ1) is 13.0. The number of ether oxygens (including phenoxy) is 2. The molecule has 1 amide bonds. The van der Waals surface area contributed by atoms with E-state index in [9.17, 15) is 14.7 Å². The van der Waals surface area contributed by atoms with Crippen molar-refractivity contribution in [3.63, 3.8) is 0 Å². The number of amides is 1. The van der Waals surface area contributed by atoms with Crippen molar-refractivity contribution in [2.24, 2.45) is 11.8 Å². The number of methoxy groups -OCH3 is 1. The van der Waals surface area contributed by atoms with Gasteiger partial charge in [0.25, 0.3) is 5.91 Å². The lowest BCUT2D eigenvalue weighted by molar-refractivity contribution is -0.144. The van der Waals surface area contributed by atoms with Crippen LogP contribution >= 0.6 is 0 Å². The molecule has 1 fully saturated rings. The number of fused-ring (bicyclic) bond motifs is 1. The summed E-state index contributed by atoms with van der Waals surface area (Å²) in [5.74, 6) is -1.10. The van der Waals surface area contributed by atoms with E-state index in [1.165, 1.54) is 0 Å². The second-order valence-electron chi connectivity index (χ2n) is 6.78. The Balaban J connectivity index is 1.74. The molecule has 0 saturated carbocycles. The van der Waals surface area contributed by atoms with Crippen LogP contribution in [0, 0.1) is 18.8 Å². The molecular weight excluding hydrogens is 348 g/mol. The highest BCUT2D eigenvalue weighted by Crippen LogP contribution is 2.25. The summed E-state index contributed by atoms with van der Waals surface area (Å²) in [7, 11) is 1.59. The first-order valence-corrected chi connectivity index (χ1v) is 9.03. The van der Waals surface area contributed by atoms with Gasteiger partial charge in [-0.15, -0.1) is 0 Å². The summed E-state index contributed by atoms with van der Waals surface area (Å²) in [5.41, 5.74) is 1.78. The molecule has 0 radical (unpaired) electrons. The monoisotopic (exact) mass is 372 g/mol. The summed E-state index contributed by atoms with van der Waals surface area (Å²) in [6.07, 6.45) is 1.40. The van der Waals surface area contributed by atoms with Crippen LogP contribution in [-0.2, 0) is 9.53 Å². The van der Waals surface area contributed by atoms with Gasteiger partial charge in [0.2, 0.25) is 0 Å². The highest BCUT2D eigenvalue weighted by molar-refractivity contribution is 5.99. The van der Waals surface area contributed by atoms with E-state index >= 15 is 0 Å². The maximum atomic E-state index is 12.6. The minimum absolute atomic E-state index is 0.0137. The molecule has 144 valence electrons. The van der Waals surface area contributed by atoms with Gasteiger partial charge in [0.05, 0.1) is 29.8 Å². The lowest BCUT2D eigenvalue weighted by Gasteiger charge is -2.27. The van der Waals surface area contributed by atoms with Crippen molar-refractivity contribution in [2.45, 2.75) is 19.8 Å². The zero-order valence-electron chi connectivity index (χ0n) is 15.5. The molecule has 2 aromatic rings. The number of aryl methyl sites for hydroxylation is 1. The van der Waals surface area contributed by atoms with Gasteiger partial charge in [0, 0.05) is 31.2 Å². The zero-order chi connectivity index (χ0) is 19.4. The quantitative estimate of drug-likeness (QED) is 0.808. The van der Waals surface area contributed by atoms with Crippen LogP contribution in [-0.4, -0.2) is 48.8 Å². The van der Waals surface area contributed by atoms with Gasteiger partial charge in [-0.2, -0.15) is 0 Å². The number of hydrogen-bond acceptors (Lipinski definition) is 5. The van der Waals surface area contributed by atoms with Crippen LogP contribution in [0.2, 0.25) is 0 Å². The molecule has 1 aromatic carbocycles. The Morgan fingerprint density at radius 1 is 1.33 bits per heavy atom. The van der Waals surface area contributed by atoms with E-state index < -0.39 is 11.9 Å². The van der Waals surface area contributed by atoms with Gasteiger partial charge < -0.3 is 19.9 Å². The summed E-state index contributed by atoms with van der Waals surface area (Å²) in [5, 5.41) is 13.1. The van der Waals surface area contributed by atoms with Crippen LogP contribution in [0.5, 0.6) is 5.75 Å². The van der Waals surface area contributed by atoms with Crippen molar-refractivity contribution in [3.8, 4) is 5.75 Å². The highest BCUT2D eigenvalue weighted by atomic mass is 16.5. The predicted molar refractivity (Wildman–Crippen MR) is 100 cm³/mol. The van der Waals surface area contributed by atoms with Crippen LogP contribution in [0.4, 0.5) is 0 Å². The number of pyridine rings is 1. The van der Waals surface area contributed by atoms with Gasteiger partial charge in [-0.05, 0) is 43.9 Å². The van der Waals surface area contributed by atoms with Crippen molar-refractivity contribution in [2.75, 3.05) is 26.9 Å². The molecule has 7 heteroatoms. The van der Waals surface area contributed by atoms with Gasteiger partial charge in [0.15, 0.2) is 0 Å². The summed E-state index contributed by atoms with van der Waals surface area (Å²) in [6.45, 7) is 3.00. The number of rotatable bonds is 6. The number of carboxylic acid groups (broad SMARTS) is 1. The first kappa shape index (κ1) is 19.1. The van der Waals surface area contributed by atoms with Gasteiger partial charge in [-0.3, -0.25) is 14.6 Å². The molecule has 1 aliphatic heterocycles. The molecule has 3 rings (SSSR count). The summed E-state index contributed by atoms with van der Waals surface area (Å²) >= 11 is 0. The minimum atomic E-state index is -0.886. The van der Waals surface area contributed by atoms with Crippen LogP contribution in [0.15, 0.2) is 24.3 Å². The van der Waals surface area contributed by atoms with Crippen molar-refractivity contribution in [1.29, 1.82) is 0 Å². The molecular formula is C20H24N2O5. The Hall–Kier alpha value is -2.67. The number of nitrogens with zero attached hydrogens (tertiary/aromatic N) is 1.